The van der Waals surface area contributed by atoms with Crippen molar-refractivity contribution in [1.29, 1.82) is 0 Å². The molecule has 1 aromatic heterocycles. The van der Waals surface area contributed by atoms with Crippen LogP contribution in [0.5, 0.6) is 5.75 Å². The zero-order chi connectivity index (χ0) is 28.6. The number of rotatable bonds is 12. The van der Waals surface area contributed by atoms with Crippen LogP contribution in [0.15, 0.2) is 109 Å². The molecular weight excluding hydrogens is 508 g/mol. The van der Waals surface area contributed by atoms with Crippen molar-refractivity contribution < 1.29 is 9.90 Å². The Hall–Kier alpha value is -4.68. The van der Waals surface area contributed by atoms with E-state index < -0.39 is 5.91 Å². The number of benzene rings is 4. The molecule has 0 bridgehead atoms. The smallest absolute Gasteiger partial charge is 0.252 e. The van der Waals surface area contributed by atoms with Gasteiger partial charge in [0.15, 0.2) is 0 Å². The molecule has 0 aliphatic rings. The van der Waals surface area contributed by atoms with Crippen LogP contribution in [-0.2, 0) is 19.5 Å². The molecule has 5 rings (SSSR count). The monoisotopic (exact) mass is 544 g/mol. The third-order valence-corrected chi connectivity index (χ3v) is 7.31. The number of carbonyl (C=O) groups excluding carboxylic acids is 1. The number of aromatic hydroxyl groups is 1. The van der Waals surface area contributed by atoms with E-state index in [1.165, 1.54) is 5.56 Å². The van der Waals surface area contributed by atoms with E-state index in [2.05, 4.69) is 89.6 Å². The Morgan fingerprint density at radius 3 is 2.12 bits per heavy atom. The molecule has 1 heterocycles. The predicted octanol–water partition coefficient (Wildman–Crippen LogP) is 6.90. The van der Waals surface area contributed by atoms with E-state index in [-0.39, 0.29) is 17.4 Å². The Balaban J connectivity index is 1.64. The highest BCUT2D eigenvalue weighted by atomic mass is 16.3. The molecule has 0 saturated carbocycles. The molecule has 4 N–H and O–H groups in total. The first-order chi connectivity index (χ1) is 20.0. The van der Waals surface area contributed by atoms with Gasteiger partial charge in [0.2, 0.25) is 0 Å². The van der Waals surface area contributed by atoms with Crippen LogP contribution >= 0.6 is 0 Å². The largest absolute Gasteiger partial charge is 0.507 e. The molecule has 1 unspecified atom stereocenters. The van der Waals surface area contributed by atoms with Gasteiger partial charge in [-0.3, -0.25) is 4.79 Å². The van der Waals surface area contributed by atoms with Gasteiger partial charge in [-0.1, -0.05) is 110 Å². The first-order valence-corrected chi connectivity index (χ1v) is 14.2. The average molecular weight is 545 g/mol. The third-order valence-electron chi connectivity index (χ3n) is 7.31. The maximum absolute atomic E-state index is 11.6. The highest BCUT2D eigenvalue weighted by Gasteiger charge is 2.26. The number of hydrogen-bond acceptors (Lipinski definition) is 4. The van der Waals surface area contributed by atoms with Crippen LogP contribution in [0.1, 0.15) is 53.0 Å². The fourth-order valence-corrected chi connectivity index (χ4v) is 5.23. The molecule has 0 aliphatic carbocycles. The highest BCUT2D eigenvalue weighted by Crippen LogP contribution is 2.35. The molecule has 0 fully saturated rings. The summed E-state index contributed by atoms with van der Waals surface area (Å²) in [6.45, 7) is 3.54. The van der Waals surface area contributed by atoms with Crippen molar-refractivity contribution in [2.24, 2.45) is 5.73 Å². The Morgan fingerprint density at radius 2 is 1.51 bits per heavy atom. The molecule has 0 saturated heterocycles. The van der Waals surface area contributed by atoms with Crippen LogP contribution < -0.4 is 11.1 Å². The average Bonchev–Trinajstić information content (AvgIpc) is 3.38. The predicted molar refractivity (Wildman–Crippen MR) is 164 cm³/mol. The van der Waals surface area contributed by atoms with Gasteiger partial charge in [0.25, 0.3) is 5.91 Å². The summed E-state index contributed by atoms with van der Waals surface area (Å²) in [7, 11) is 0. The van der Waals surface area contributed by atoms with Crippen LogP contribution in [-0.4, -0.2) is 20.6 Å². The minimum atomic E-state index is -0.648. The highest BCUT2D eigenvalue weighted by molar-refractivity contribution is 5.95. The lowest BCUT2D eigenvalue weighted by Crippen LogP contribution is -2.26. The number of primary amides is 1. The number of aromatic nitrogens is 2. The summed E-state index contributed by atoms with van der Waals surface area (Å²) < 4.78 is 2.38. The summed E-state index contributed by atoms with van der Waals surface area (Å²) in [6, 6.07) is 36.1. The van der Waals surface area contributed by atoms with Crippen LogP contribution in [0.4, 0.5) is 0 Å². The van der Waals surface area contributed by atoms with E-state index in [1.54, 1.807) is 12.1 Å². The topological polar surface area (TPSA) is 93.2 Å². The summed E-state index contributed by atoms with van der Waals surface area (Å²) in [5.74, 6) is 0.196. The van der Waals surface area contributed by atoms with Gasteiger partial charge in [0.05, 0.1) is 23.0 Å². The van der Waals surface area contributed by atoms with Gasteiger partial charge in [0.1, 0.15) is 11.6 Å². The fraction of sp³-hybridized carbons (Fsp3) is 0.200. The second kappa shape index (κ2) is 13.1. The number of amides is 1. The summed E-state index contributed by atoms with van der Waals surface area (Å²) in [5, 5.41) is 14.2. The van der Waals surface area contributed by atoms with Gasteiger partial charge in [-0.05, 0) is 36.1 Å². The van der Waals surface area contributed by atoms with E-state index in [1.807, 2.05) is 24.3 Å². The molecule has 0 spiro atoms. The summed E-state index contributed by atoms with van der Waals surface area (Å²) in [6.07, 6.45) is 2.84. The van der Waals surface area contributed by atoms with Gasteiger partial charge in [-0.15, -0.1) is 0 Å². The number of carbonyl (C=O) groups is 1. The number of unbranched alkanes of at least 4 members (excludes halogenated alkanes) is 1. The summed E-state index contributed by atoms with van der Waals surface area (Å²) in [5.41, 5.74) is 11.8. The normalized spacial score (nSPS) is 11.8. The minimum Gasteiger partial charge on any atom is -0.507 e. The van der Waals surface area contributed by atoms with Crippen molar-refractivity contribution in [3.63, 3.8) is 0 Å². The number of hydrogen-bond donors (Lipinski definition) is 3. The van der Waals surface area contributed by atoms with E-state index in [0.717, 1.165) is 59.7 Å². The molecule has 4 aromatic carbocycles. The molecule has 41 heavy (non-hydrogen) atoms. The molecule has 1 amide bonds. The van der Waals surface area contributed by atoms with Crippen LogP contribution in [0.25, 0.3) is 22.6 Å². The molecule has 0 radical (unpaired) electrons. The van der Waals surface area contributed by atoms with E-state index in [4.69, 9.17) is 10.7 Å². The quantitative estimate of drug-likeness (QED) is 0.159. The van der Waals surface area contributed by atoms with Gasteiger partial charge in [-0.2, -0.15) is 0 Å². The second-order valence-electron chi connectivity index (χ2n) is 10.2. The van der Waals surface area contributed by atoms with E-state index in [0.29, 0.717) is 6.54 Å². The van der Waals surface area contributed by atoms with E-state index in [9.17, 15) is 9.90 Å². The summed E-state index contributed by atoms with van der Waals surface area (Å²) in [4.78, 5) is 16.9. The van der Waals surface area contributed by atoms with E-state index >= 15 is 0 Å². The molecule has 6 heteroatoms. The fourth-order valence-electron chi connectivity index (χ4n) is 5.23. The first-order valence-electron chi connectivity index (χ1n) is 14.2. The maximum atomic E-state index is 11.6. The molecular formula is C35H36N4O2. The third kappa shape index (κ3) is 6.56. The Bertz CT molecular complexity index is 1580. The first kappa shape index (κ1) is 27.9. The number of imidazole rings is 1. The van der Waals surface area contributed by atoms with Crippen molar-refractivity contribution >= 4 is 5.91 Å². The van der Waals surface area contributed by atoms with Crippen molar-refractivity contribution in [3.8, 4) is 28.4 Å². The lowest BCUT2D eigenvalue weighted by molar-refractivity contribution is 0.0997. The molecule has 1 atom stereocenters. The Kier molecular flexibility index (Phi) is 8.92. The molecule has 0 aliphatic heterocycles. The van der Waals surface area contributed by atoms with Crippen LogP contribution in [0.2, 0.25) is 0 Å². The van der Waals surface area contributed by atoms with Crippen molar-refractivity contribution in [2.75, 3.05) is 0 Å². The van der Waals surface area contributed by atoms with Gasteiger partial charge in [-0.25, -0.2) is 4.98 Å². The van der Waals surface area contributed by atoms with Gasteiger partial charge >= 0.3 is 0 Å². The standard InChI is InChI=1S/C35H36N4O2/c1-2-3-21-39-33(32(27-15-9-5-10-16-27)38-35(39)28-17-11-6-12-18-28)30(22-25-13-7-4-8-14-25)37-24-26-19-20-29(34(36)41)31(40)23-26/h4-20,23,30,37,40H,2-3,21-22,24H2,1H3,(H2,36,41). The van der Waals surface area contributed by atoms with Gasteiger partial charge < -0.3 is 20.7 Å². The molecule has 6 nitrogen and oxygen atoms in total. The number of nitrogens with one attached hydrogen (secondary N) is 1. The van der Waals surface area contributed by atoms with Crippen molar-refractivity contribution in [1.82, 2.24) is 14.9 Å². The SMILES string of the molecule is CCCCn1c(-c2ccccc2)nc(-c2ccccc2)c1C(Cc1ccccc1)NCc1ccc(C(N)=O)c(O)c1. The lowest BCUT2D eigenvalue weighted by Gasteiger charge is -2.24. The maximum Gasteiger partial charge on any atom is 0.252 e. The minimum absolute atomic E-state index is 0.0904. The molecule has 208 valence electrons. The number of nitrogens with two attached hydrogens (primary N) is 1. The Labute approximate surface area is 241 Å². The van der Waals surface area contributed by atoms with Gasteiger partial charge in [0, 0.05) is 24.2 Å². The number of phenols is 1. The molecule has 5 aromatic rings. The zero-order valence-corrected chi connectivity index (χ0v) is 23.3. The van der Waals surface area contributed by atoms with Crippen LogP contribution in [0.3, 0.4) is 0 Å². The summed E-state index contributed by atoms with van der Waals surface area (Å²) >= 11 is 0. The lowest BCUT2D eigenvalue weighted by atomic mass is 9.98. The Morgan fingerprint density at radius 1 is 0.878 bits per heavy atom. The van der Waals surface area contributed by atoms with Crippen LogP contribution in [0, 0.1) is 0 Å². The zero-order valence-electron chi connectivity index (χ0n) is 23.3. The van der Waals surface area contributed by atoms with Crippen molar-refractivity contribution in [3.05, 3.63) is 132 Å². The number of nitrogens with zero attached hydrogens (tertiary/aromatic N) is 2. The second-order valence-corrected chi connectivity index (χ2v) is 10.2. The van der Waals surface area contributed by atoms with Crippen molar-refractivity contribution in [2.45, 2.75) is 45.3 Å².